The number of unbranched alkanes of at least 4 members (excludes halogenated alkanes) is 1. The maximum absolute atomic E-state index is 13.5. The summed E-state index contributed by atoms with van der Waals surface area (Å²) in [4.78, 5) is 37.7. The Bertz CT molecular complexity index is 1020. The SMILES string of the molecule is COc1ccc(CNC(=O)[C@H]2[C@H](C(=O)NCCCCN3CCCC3)[C@H]3C=C[C@@H]2C32CC2)c(OC)c1.O=CO. The molecule has 208 valence electrons. The van der Waals surface area contributed by atoms with Crippen LogP contribution < -0.4 is 20.1 Å². The van der Waals surface area contributed by atoms with Crippen LogP contribution in [0.2, 0.25) is 0 Å². The lowest BCUT2D eigenvalue weighted by Gasteiger charge is -2.26. The molecule has 1 aromatic rings. The smallest absolute Gasteiger partial charge is 0.290 e. The van der Waals surface area contributed by atoms with Gasteiger partial charge in [-0.1, -0.05) is 12.2 Å². The van der Waals surface area contributed by atoms with Crippen LogP contribution in [0.5, 0.6) is 11.5 Å². The molecule has 1 heterocycles. The molecule has 1 aliphatic heterocycles. The Morgan fingerprint density at radius 2 is 1.66 bits per heavy atom. The third kappa shape index (κ3) is 5.82. The number of rotatable bonds is 11. The van der Waals surface area contributed by atoms with Crippen LogP contribution >= 0.6 is 0 Å². The number of methoxy groups -OCH3 is 2. The number of carbonyl (C=O) groups excluding carboxylic acids is 2. The van der Waals surface area contributed by atoms with Crippen molar-refractivity contribution < 1.29 is 29.0 Å². The second-order valence-electron chi connectivity index (χ2n) is 10.8. The highest BCUT2D eigenvalue weighted by molar-refractivity contribution is 5.90. The highest BCUT2D eigenvalue weighted by atomic mass is 16.5. The van der Waals surface area contributed by atoms with Gasteiger partial charge in [-0.25, -0.2) is 0 Å². The minimum absolute atomic E-state index is 0.0276. The van der Waals surface area contributed by atoms with Crippen LogP contribution in [0.4, 0.5) is 0 Å². The maximum Gasteiger partial charge on any atom is 0.290 e. The Morgan fingerprint density at radius 1 is 1.03 bits per heavy atom. The van der Waals surface area contributed by atoms with Gasteiger partial charge in [-0.05, 0) is 87.5 Å². The third-order valence-corrected chi connectivity index (χ3v) is 8.79. The largest absolute Gasteiger partial charge is 0.497 e. The van der Waals surface area contributed by atoms with E-state index in [1.165, 1.54) is 25.9 Å². The lowest BCUT2D eigenvalue weighted by atomic mass is 9.81. The average Bonchev–Trinajstić information content (AvgIpc) is 3.29. The van der Waals surface area contributed by atoms with Crippen molar-refractivity contribution in [2.24, 2.45) is 29.1 Å². The Balaban J connectivity index is 0.00000107. The fourth-order valence-corrected chi connectivity index (χ4v) is 6.80. The van der Waals surface area contributed by atoms with Crippen molar-refractivity contribution in [1.82, 2.24) is 15.5 Å². The molecule has 1 aromatic carbocycles. The number of nitrogens with one attached hydrogen (secondary N) is 2. The van der Waals surface area contributed by atoms with E-state index in [4.69, 9.17) is 19.4 Å². The summed E-state index contributed by atoms with van der Waals surface area (Å²) in [5.74, 6) is 1.18. The number of hydrogen-bond acceptors (Lipinski definition) is 6. The molecule has 4 atom stereocenters. The van der Waals surface area contributed by atoms with Crippen LogP contribution in [0.1, 0.15) is 44.1 Å². The molecule has 38 heavy (non-hydrogen) atoms. The lowest BCUT2D eigenvalue weighted by molar-refractivity contribution is -0.135. The standard InChI is InChI=1S/C28H39N3O4.CH2O2/c1-34-20-8-7-19(23(17-20)35-2)18-30-27(33)25-22-10-9-21(28(22)11-12-28)24(25)26(32)29-13-3-4-14-31-15-5-6-16-31;2-1-3/h7-10,17,21-22,24-25H,3-6,11-16,18H2,1-2H3,(H,29,32)(H,30,33);1H,(H,2,3)/t21-,22+,24-,25-;/m1./s1. The van der Waals surface area contributed by atoms with Crippen molar-refractivity contribution in [3.8, 4) is 11.5 Å². The van der Waals surface area contributed by atoms with E-state index in [1.807, 2.05) is 18.2 Å². The number of carbonyl (C=O) groups is 3. The van der Waals surface area contributed by atoms with E-state index in [2.05, 4.69) is 27.7 Å². The number of likely N-dealkylation sites (tertiary alicyclic amines) is 1. The van der Waals surface area contributed by atoms with Crippen molar-refractivity contribution in [3.05, 3.63) is 35.9 Å². The second-order valence-corrected chi connectivity index (χ2v) is 10.8. The van der Waals surface area contributed by atoms with Gasteiger partial charge >= 0.3 is 0 Å². The Labute approximate surface area is 224 Å². The van der Waals surface area contributed by atoms with Crippen molar-refractivity contribution in [3.63, 3.8) is 0 Å². The first kappa shape index (κ1) is 28.0. The van der Waals surface area contributed by atoms with Gasteiger partial charge in [0.05, 0.1) is 26.1 Å². The summed E-state index contributed by atoms with van der Waals surface area (Å²) in [7, 11) is 3.23. The quantitative estimate of drug-likeness (QED) is 0.230. The van der Waals surface area contributed by atoms with Crippen molar-refractivity contribution >= 4 is 18.3 Å². The third-order valence-electron chi connectivity index (χ3n) is 8.79. The highest BCUT2D eigenvalue weighted by Crippen LogP contribution is 2.72. The molecule has 0 aromatic heterocycles. The van der Waals surface area contributed by atoms with Gasteiger partial charge in [0.1, 0.15) is 11.5 Å². The van der Waals surface area contributed by atoms with Gasteiger partial charge in [-0.15, -0.1) is 0 Å². The van der Waals surface area contributed by atoms with Crippen molar-refractivity contribution in [2.45, 2.75) is 45.1 Å². The molecule has 0 radical (unpaired) electrons. The molecule has 3 aliphatic carbocycles. The summed E-state index contributed by atoms with van der Waals surface area (Å²) in [6.45, 7) is 4.35. The monoisotopic (exact) mass is 527 g/mol. The highest BCUT2D eigenvalue weighted by Gasteiger charge is 2.69. The van der Waals surface area contributed by atoms with E-state index >= 15 is 0 Å². The van der Waals surface area contributed by atoms with Crippen molar-refractivity contribution in [2.75, 3.05) is 40.4 Å². The van der Waals surface area contributed by atoms with E-state index in [1.54, 1.807) is 14.2 Å². The summed E-state index contributed by atoms with van der Waals surface area (Å²) in [6.07, 6.45) is 11.4. The fourth-order valence-electron chi connectivity index (χ4n) is 6.80. The number of carboxylic acid groups (broad SMARTS) is 1. The molecule has 0 unspecified atom stereocenters. The number of nitrogens with zero attached hydrogens (tertiary/aromatic N) is 1. The van der Waals surface area contributed by atoms with Gasteiger partial charge in [0, 0.05) is 24.7 Å². The van der Waals surface area contributed by atoms with Gasteiger partial charge in [-0.2, -0.15) is 0 Å². The topological polar surface area (TPSA) is 117 Å². The number of amides is 2. The normalized spacial score (nSPS) is 25.9. The predicted octanol–water partition coefficient (Wildman–Crippen LogP) is 2.84. The molecule has 2 bridgehead atoms. The number of allylic oxidation sites excluding steroid dienone is 2. The average molecular weight is 528 g/mol. The van der Waals surface area contributed by atoms with E-state index in [0.29, 0.717) is 24.6 Å². The molecule has 2 saturated carbocycles. The van der Waals surface area contributed by atoms with Crippen molar-refractivity contribution in [1.29, 1.82) is 0 Å². The van der Waals surface area contributed by atoms with E-state index < -0.39 is 0 Å². The number of ether oxygens (including phenoxy) is 2. The van der Waals surface area contributed by atoms with E-state index in [9.17, 15) is 9.59 Å². The molecule has 5 rings (SSSR count). The first-order chi connectivity index (χ1) is 18.5. The summed E-state index contributed by atoms with van der Waals surface area (Å²) in [5.41, 5.74) is 1.03. The van der Waals surface area contributed by atoms with Gasteiger partial charge in [-0.3, -0.25) is 14.4 Å². The molecule has 9 heteroatoms. The molecule has 1 saturated heterocycles. The molecule has 3 N–H and O–H groups in total. The predicted molar refractivity (Wildman–Crippen MR) is 143 cm³/mol. The zero-order valence-corrected chi connectivity index (χ0v) is 22.5. The van der Waals surface area contributed by atoms with Gasteiger partial charge in [0.2, 0.25) is 11.8 Å². The Morgan fingerprint density at radius 3 is 2.24 bits per heavy atom. The second kappa shape index (κ2) is 12.7. The maximum atomic E-state index is 13.5. The molecular weight excluding hydrogens is 486 g/mol. The fraction of sp³-hybridized carbons (Fsp3) is 0.621. The molecule has 4 aliphatic rings. The first-order valence-electron chi connectivity index (χ1n) is 13.7. The van der Waals surface area contributed by atoms with Crippen LogP contribution in [0.15, 0.2) is 30.4 Å². The van der Waals surface area contributed by atoms with Crippen LogP contribution in [-0.2, 0) is 20.9 Å². The minimum Gasteiger partial charge on any atom is -0.497 e. The summed E-state index contributed by atoms with van der Waals surface area (Å²) < 4.78 is 10.8. The zero-order chi connectivity index (χ0) is 27.1. The minimum atomic E-state index is -0.304. The van der Waals surface area contributed by atoms with E-state index in [0.717, 1.165) is 37.8 Å². The number of benzene rings is 1. The Kier molecular flexibility index (Phi) is 9.31. The van der Waals surface area contributed by atoms with Gasteiger partial charge in [0.25, 0.3) is 6.47 Å². The Hall–Kier alpha value is -3.07. The van der Waals surface area contributed by atoms with Crippen LogP contribution in [0.3, 0.4) is 0 Å². The molecule has 1 spiro atoms. The lowest BCUT2D eigenvalue weighted by Crippen LogP contribution is -2.44. The molecular formula is C29H41N3O6. The summed E-state index contributed by atoms with van der Waals surface area (Å²) >= 11 is 0. The van der Waals surface area contributed by atoms with Crippen LogP contribution in [-0.4, -0.2) is 68.7 Å². The molecule has 2 amide bonds. The van der Waals surface area contributed by atoms with Gasteiger partial charge < -0.3 is 30.1 Å². The molecule has 3 fully saturated rings. The molecule has 9 nitrogen and oxygen atoms in total. The van der Waals surface area contributed by atoms with Crippen LogP contribution in [0, 0.1) is 29.1 Å². The zero-order valence-electron chi connectivity index (χ0n) is 22.5. The first-order valence-corrected chi connectivity index (χ1v) is 13.7. The van der Waals surface area contributed by atoms with Gasteiger partial charge in [0.15, 0.2) is 0 Å². The summed E-state index contributed by atoms with van der Waals surface area (Å²) in [6, 6.07) is 5.59. The van der Waals surface area contributed by atoms with E-state index in [-0.39, 0.29) is 47.4 Å². The summed E-state index contributed by atoms with van der Waals surface area (Å²) in [5, 5.41) is 13.2. The van der Waals surface area contributed by atoms with Crippen LogP contribution in [0.25, 0.3) is 0 Å². The number of hydrogen-bond donors (Lipinski definition) is 3.